The molecule has 0 fully saturated rings. The fourth-order valence-corrected chi connectivity index (χ4v) is 3.53. The summed E-state index contributed by atoms with van der Waals surface area (Å²) in [7, 11) is 0. The molecule has 0 radical (unpaired) electrons. The standard InChI is InChI=1S/C16H22N6O2S/c1-3-14(15(24)19-16-17-4-7-25-16)21-5-6-22-13(10-21)8-12(20-22)9-18-11(2)23/h4,7-8,14H,3,5-6,9-10H2,1-2H3,(H,18,23)(H,17,19,24)/t14-/m0/s1. The molecule has 3 rings (SSSR count). The minimum absolute atomic E-state index is 0.0242. The van der Waals surface area contributed by atoms with Gasteiger partial charge in [0.1, 0.15) is 0 Å². The summed E-state index contributed by atoms with van der Waals surface area (Å²) in [5.41, 5.74) is 1.90. The van der Waals surface area contributed by atoms with Gasteiger partial charge in [-0.15, -0.1) is 11.3 Å². The van der Waals surface area contributed by atoms with E-state index in [1.165, 1.54) is 18.3 Å². The van der Waals surface area contributed by atoms with Crippen LogP contribution in [0.3, 0.4) is 0 Å². The third-order valence-corrected chi connectivity index (χ3v) is 4.88. The van der Waals surface area contributed by atoms with Crippen molar-refractivity contribution in [3.05, 3.63) is 29.0 Å². The molecule has 0 saturated heterocycles. The molecule has 134 valence electrons. The summed E-state index contributed by atoms with van der Waals surface area (Å²) in [4.78, 5) is 29.9. The van der Waals surface area contributed by atoms with E-state index in [1.807, 2.05) is 23.1 Å². The first-order chi connectivity index (χ1) is 12.1. The van der Waals surface area contributed by atoms with Gasteiger partial charge in [0.15, 0.2) is 5.13 Å². The van der Waals surface area contributed by atoms with Gasteiger partial charge in [0.2, 0.25) is 11.8 Å². The van der Waals surface area contributed by atoms with E-state index in [9.17, 15) is 9.59 Å². The maximum Gasteiger partial charge on any atom is 0.243 e. The van der Waals surface area contributed by atoms with E-state index in [2.05, 4.69) is 25.6 Å². The summed E-state index contributed by atoms with van der Waals surface area (Å²) >= 11 is 1.42. The van der Waals surface area contributed by atoms with E-state index in [1.54, 1.807) is 6.20 Å². The Kier molecular flexibility index (Phi) is 5.44. The summed E-state index contributed by atoms with van der Waals surface area (Å²) in [6.07, 6.45) is 2.40. The Labute approximate surface area is 150 Å². The molecule has 0 spiro atoms. The normalized spacial score (nSPS) is 15.4. The molecule has 2 aromatic heterocycles. The van der Waals surface area contributed by atoms with E-state index in [0.717, 1.165) is 30.9 Å². The Morgan fingerprint density at radius 2 is 2.24 bits per heavy atom. The van der Waals surface area contributed by atoms with Crippen molar-refractivity contribution < 1.29 is 9.59 Å². The number of thiazole rings is 1. The number of rotatable bonds is 6. The van der Waals surface area contributed by atoms with Crippen molar-refractivity contribution in [3.8, 4) is 0 Å². The van der Waals surface area contributed by atoms with Crippen LogP contribution in [0.15, 0.2) is 17.6 Å². The van der Waals surface area contributed by atoms with Gasteiger partial charge in [0.05, 0.1) is 30.5 Å². The maximum atomic E-state index is 12.6. The second-order valence-corrected chi connectivity index (χ2v) is 6.88. The van der Waals surface area contributed by atoms with Crippen molar-refractivity contribution >= 4 is 28.3 Å². The summed E-state index contributed by atoms with van der Waals surface area (Å²) < 4.78 is 1.96. The van der Waals surface area contributed by atoms with Crippen LogP contribution in [0.2, 0.25) is 0 Å². The van der Waals surface area contributed by atoms with Gasteiger partial charge in [-0.05, 0) is 12.5 Å². The summed E-state index contributed by atoms with van der Waals surface area (Å²) in [6.45, 7) is 6.09. The molecule has 0 aliphatic carbocycles. The molecule has 2 N–H and O–H groups in total. The first kappa shape index (κ1) is 17.6. The fourth-order valence-electron chi connectivity index (χ4n) is 3.00. The molecule has 25 heavy (non-hydrogen) atoms. The van der Waals surface area contributed by atoms with Crippen LogP contribution in [-0.4, -0.2) is 44.1 Å². The largest absolute Gasteiger partial charge is 0.351 e. The van der Waals surface area contributed by atoms with Gasteiger partial charge in [-0.2, -0.15) is 5.10 Å². The zero-order valence-corrected chi connectivity index (χ0v) is 15.2. The lowest BCUT2D eigenvalue weighted by Crippen LogP contribution is -2.47. The molecule has 1 atom stereocenters. The van der Waals surface area contributed by atoms with Crippen LogP contribution in [0.4, 0.5) is 5.13 Å². The average molecular weight is 362 g/mol. The zero-order valence-electron chi connectivity index (χ0n) is 14.4. The highest BCUT2D eigenvalue weighted by atomic mass is 32.1. The van der Waals surface area contributed by atoms with E-state index in [4.69, 9.17) is 0 Å². The predicted molar refractivity (Wildman–Crippen MR) is 95.0 cm³/mol. The number of nitrogens with one attached hydrogen (secondary N) is 2. The van der Waals surface area contributed by atoms with Crippen LogP contribution in [0.25, 0.3) is 0 Å². The molecule has 1 aliphatic heterocycles. The lowest BCUT2D eigenvalue weighted by molar-refractivity contribution is -0.122. The van der Waals surface area contributed by atoms with E-state index < -0.39 is 0 Å². The van der Waals surface area contributed by atoms with Gasteiger partial charge in [-0.3, -0.25) is 19.2 Å². The summed E-state index contributed by atoms with van der Waals surface area (Å²) in [5.74, 6) is -0.0959. The number of hydrogen-bond donors (Lipinski definition) is 2. The minimum atomic E-state index is -0.202. The third-order valence-electron chi connectivity index (χ3n) is 4.19. The van der Waals surface area contributed by atoms with E-state index in [-0.39, 0.29) is 17.9 Å². The first-order valence-electron chi connectivity index (χ1n) is 8.31. The Balaban J connectivity index is 1.65. The number of carbonyl (C=O) groups excluding carboxylic acids is 2. The topological polar surface area (TPSA) is 92.2 Å². The number of hydrogen-bond acceptors (Lipinski definition) is 6. The van der Waals surface area contributed by atoms with E-state index >= 15 is 0 Å². The van der Waals surface area contributed by atoms with Crippen molar-refractivity contribution in [1.29, 1.82) is 0 Å². The van der Waals surface area contributed by atoms with Crippen LogP contribution in [0.5, 0.6) is 0 Å². The Bertz CT molecular complexity index is 742. The van der Waals surface area contributed by atoms with Crippen LogP contribution < -0.4 is 10.6 Å². The SMILES string of the molecule is CC[C@@H](C(=O)Nc1nccs1)N1CCn2nc(CNC(C)=O)cc2C1. The van der Waals surface area contributed by atoms with Crippen molar-refractivity contribution in [2.75, 3.05) is 11.9 Å². The summed E-state index contributed by atoms with van der Waals surface area (Å²) in [6, 6.07) is 1.79. The molecular formula is C16H22N6O2S. The van der Waals surface area contributed by atoms with Gasteiger partial charge < -0.3 is 10.6 Å². The van der Waals surface area contributed by atoms with Crippen LogP contribution in [-0.2, 0) is 29.2 Å². The highest BCUT2D eigenvalue weighted by molar-refractivity contribution is 7.13. The van der Waals surface area contributed by atoms with Gasteiger partial charge in [-0.1, -0.05) is 6.92 Å². The lowest BCUT2D eigenvalue weighted by atomic mass is 10.1. The molecule has 0 bridgehead atoms. The number of nitrogens with zero attached hydrogens (tertiary/aromatic N) is 4. The molecule has 9 heteroatoms. The minimum Gasteiger partial charge on any atom is -0.351 e. The molecule has 1 aliphatic rings. The number of amides is 2. The van der Waals surface area contributed by atoms with Gasteiger partial charge >= 0.3 is 0 Å². The predicted octanol–water partition coefficient (Wildman–Crippen LogP) is 1.21. The van der Waals surface area contributed by atoms with E-state index in [0.29, 0.717) is 18.2 Å². The molecule has 2 aromatic rings. The van der Waals surface area contributed by atoms with Gasteiger partial charge in [0.25, 0.3) is 0 Å². The molecular weight excluding hydrogens is 340 g/mol. The van der Waals surface area contributed by atoms with Crippen molar-refractivity contribution in [2.24, 2.45) is 0 Å². The molecule has 0 saturated carbocycles. The highest BCUT2D eigenvalue weighted by Gasteiger charge is 2.28. The van der Waals surface area contributed by atoms with Crippen LogP contribution in [0, 0.1) is 0 Å². The Morgan fingerprint density at radius 1 is 1.40 bits per heavy atom. The fraction of sp³-hybridized carbons (Fsp3) is 0.500. The molecule has 3 heterocycles. The average Bonchev–Trinajstić information content (AvgIpc) is 3.22. The smallest absolute Gasteiger partial charge is 0.243 e. The number of carbonyl (C=O) groups is 2. The van der Waals surface area contributed by atoms with Gasteiger partial charge in [0, 0.05) is 31.6 Å². The van der Waals surface area contributed by atoms with Crippen LogP contribution >= 0.6 is 11.3 Å². The molecule has 2 amide bonds. The third kappa shape index (κ3) is 4.23. The van der Waals surface area contributed by atoms with Crippen molar-refractivity contribution in [2.45, 2.75) is 45.9 Å². The molecule has 0 aromatic carbocycles. The second kappa shape index (κ2) is 7.75. The van der Waals surface area contributed by atoms with Crippen LogP contribution in [0.1, 0.15) is 31.7 Å². The molecule has 0 unspecified atom stereocenters. The van der Waals surface area contributed by atoms with Crippen molar-refractivity contribution in [1.82, 2.24) is 25.0 Å². The first-order valence-corrected chi connectivity index (χ1v) is 9.19. The number of aromatic nitrogens is 3. The highest BCUT2D eigenvalue weighted by Crippen LogP contribution is 2.19. The number of anilines is 1. The van der Waals surface area contributed by atoms with Gasteiger partial charge in [-0.25, -0.2) is 4.98 Å². The summed E-state index contributed by atoms with van der Waals surface area (Å²) in [5, 5.41) is 12.6. The van der Waals surface area contributed by atoms with Crippen molar-refractivity contribution in [3.63, 3.8) is 0 Å². The Morgan fingerprint density at radius 3 is 2.92 bits per heavy atom. The second-order valence-electron chi connectivity index (χ2n) is 5.98. The number of fused-ring (bicyclic) bond motifs is 1. The molecule has 8 nitrogen and oxygen atoms in total. The quantitative estimate of drug-likeness (QED) is 0.806. The maximum absolute atomic E-state index is 12.6. The Hall–Kier alpha value is -2.26. The zero-order chi connectivity index (χ0) is 17.8. The lowest BCUT2D eigenvalue weighted by Gasteiger charge is -2.33. The monoisotopic (exact) mass is 362 g/mol.